The third kappa shape index (κ3) is 4.36. The van der Waals surface area contributed by atoms with E-state index in [2.05, 4.69) is 10.6 Å². The van der Waals surface area contributed by atoms with Gasteiger partial charge in [-0.25, -0.2) is 13.2 Å². The molecule has 2 N–H and O–H groups in total. The molecule has 0 unspecified atom stereocenters. The van der Waals surface area contributed by atoms with Crippen molar-refractivity contribution in [1.82, 2.24) is 0 Å². The van der Waals surface area contributed by atoms with Crippen LogP contribution >= 0.6 is 11.6 Å². The van der Waals surface area contributed by atoms with Gasteiger partial charge in [-0.05, 0) is 55.2 Å². The predicted molar refractivity (Wildman–Crippen MR) is 110 cm³/mol. The van der Waals surface area contributed by atoms with E-state index in [9.17, 15) is 13.2 Å². The number of anilines is 3. The van der Waals surface area contributed by atoms with Gasteiger partial charge >= 0.3 is 6.03 Å². The summed E-state index contributed by atoms with van der Waals surface area (Å²) in [5.74, 6) is 0.110. The molecule has 1 aliphatic rings. The molecular formula is C19H22ClN3O3S. The van der Waals surface area contributed by atoms with Crippen molar-refractivity contribution < 1.29 is 13.2 Å². The molecule has 3 rings (SSSR count). The Labute approximate surface area is 164 Å². The van der Waals surface area contributed by atoms with Crippen LogP contribution in [0.3, 0.4) is 0 Å². The number of rotatable bonds is 5. The average Bonchev–Trinajstić information content (AvgIpc) is 3.02. The van der Waals surface area contributed by atoms with Crippen LogP contribution < -0.4 is 14.9 Å². The number of benzene rings is 2. The molecule has 6 nitrogen and oxygen atoms in total. The SMILES string of the molecule is CCCS(=O)(=O)N1CCc2ccc(NC(=O)Nc3ccc(C)c(Cl)c3)cc21. The molecule has 0 fully saturated rings. The zero-order valence-corrected chi connectivity index (χ0v) is 16.8. The van der Waals surface area contributed by atoms with Crippen molar-refractivity contribution in [3.8, 4) is 0 Å². The molecule has 0 saturated heterocycles. The van der Waals surface area contributed by atoms with Crippen molar-refractivity contribution in [2.75, 3.05) is 27.2 Å². The van der Waals surface area contributed by atoms with Gasteiger partial charge in [-0.2, -0.15) is 0 Å². The number of hydrogen-bond donors (Lipinski definition) is 2. The zero-order chi connectivity index (χ0) is 19.6. The van der Waals surface area contributed by atoms with E-state index in [1.807, 2.05) is 26.0 Å². The van der Waals surface area contributed by atoms with Crippen LogP contribution in [-0.4, -0.2) is 26.7 Å². The first-order chi connectivity index (χ1) is 12.8. The lowest BCUT2D eigenvalue weighted by Crippen LogP contribution is -2.31. The van der Waals surface area contributed by atoms with Gasteiger partial charge < -0.3 is 10.6 Å². The number of carbonyl (C=O) groups is 1. The molecule has 27 heavy (non-hydrogen) atoms. The van der Waals surface area contributed by atoms with Crippen molar-refractivity contribution in [3.05, 3.63) is 52.5 Å². The first-order valence-corrected chi connectivity index (χ1v) is 10.8. The lowest BCUT2D eigenvalue weighted by molar-refractivity contribution is 0.262. The monoisotopic (exact) mass is 407 g/mol. The average molecular weight is 408 g/mol. The maximum absolute atomic E-state index is 12.4. The number of amides is 2. The second kappa shape index (κ2) is 7.78. The molecule has 2 aromatic rings. The summed E-state index contributed by atoms with van der Waals surface area (Å²) in [5, 5.41) is 6.04. The fourth-order valence-corrected chi connectivity index (χ4v) is 4.80. The molecule has 1 heterocycles. The Bertz CT molecular complexity index is 976. The van der Waals surface area contributed by atoms with E-state index in [4.69, 9.17) is 11.6 Å². The maximum Gasteiger partial charge on any atom is 0.323 e. The smallest absolute Gasteiger partial charge is 0.308 e. The van der Waals surface area contributed by atoms with Gasteiger partial charge in [0.15, 0.2) is 0 Å². The highest BCUT2D eigenvalue weighted by molar-refractivity contribution is 7.92. The van der Waals surface area contributed by atoms with E-state index in [0.29, 0.717) is 41.5 Å². The highest BCUT2D eigenvalue weighted by Gasteiger charge is 2.29. The lowest BCUT2D eigenvalue weighted by atomic mass is 10.1. The van der Waals surface area contributed by atoms with Crippen molar-refractivity contribution in [2.24, 2.45) is 0 Å². The highest BCUT2D eigenvalue weighted by Crippen LogP contribution is 2.33. The second-order valence-electron chi connectivity index (χ2n) is 6.52. The van der Waals surface area contributed by atoms with Gasteiger partial charge in [0.25, 0.3) is 0 Å². The number of aryl methyl sites for hydroxylation is 1. The van der Waals surface area contributed by atoms with Crippen molar-refractivity contribution in [2.45, 2.75) is 26.7 Å². The van der Waals surface area contributed by atoms with E-state index >= 15 is 0 Å². The third-order valence-electron chi connectivity index (χ3n) is 4.42. The standard InChI is InChI=1S/C19H22ClN3O3S/c1-3-10-27(25,26)23-9-8-14-5-7-16(12-18(14)23)22-19(24)21-15-6-4-13(2)17(20)11-15/h4-7,11-12H,3,8-10H2,1-2H3,(H2,21,22,24). The zero-order valence-electron chi connectivity index (χ0n) is 15.3. The summed E-state index contributed by atoms with van der Waals surface area (Å²) in [6.07, 6.45) is 1.24. The number of carbonyl (C=O) groups excluding carboxylic acids is 1. The lowest BCUT2D eigenvalue weighted by Gasteiger charge is -2.19. The number of fused-ring (bicyclic) bond motifs is 1. The van der Waals surface area contributed by atoms with Crippen LogP contribution in [0.25, 0.3) is 0 Å². The minimum atomic E-state index is -3.34. The molecule has 0 atom stereocenters. The van der Waals surface area contributed by atoms with E-state index in [1.54, 1.807) is 24.3 Å². The predicted octanol–water partition coefficient (Wildman–Crippen LogP) is 4.39. The van der Waals surface area contributed by atoms with Gasteiger partial charge in [-0.15, -0.1) is 0 Å². The number of hydrogen-bond acceptors (Lipinski definition) is 3. The van der Waals surface area contributed by atoms with Gasteiger partial charge in [0.2, 0.25) is 10.0 Å². The third-order valence-corrected chi connectivity index (χ3v) is 6.81. The number of sulfonamides is 1. The molecule has 1 aliphatic heterocycles. The number of urea groups is 1. The molecule has 0 radical (unpaired) electrons. The Kier molecular flexibility index (Phi) is 5.62. The first-order valence-electron chi connectivity index (χ1n) is 8.77. The summed E-state index contributed by atoms with van der Waals surface area (Å²) in [6, 6.07) is 10.2. The van der Waals surface area contributed by atoms with Gasteiger partial charge in [0.1, 0.15) is 0 Å². The molecule has 2 aromatic carbocycles. The first kappa shape index (κ1) is 19.5. The van der Waals surface area contributed by atoms with Crippen LogP contribution in [0.5, 0.6) is 0 Å². The fourth-order valence-electron chi connectivity index (χ4n) is 3.05. The largest absolute Gasteiger partial charge is 0.323 e. The summed E-state index contributed by atoms with van der Waals surface area (Å²) < 4.78 is 26.3. The summed E-state index contributed by atoms with van der Waals surface area (Å²) in [6.45, 7) is 4.17. The minimum absolute atomic E-state index is 0.110. The minimum Gasteiger partial charge on any atom is -0.308 e. The van der Waals surface area contributed by atoms with Crippen LogP contribution in [-0.2, 0) is 16.4 Å². The summed E-state index contributed by atoms with van der Waals surface area (Å²) >= 11 is 6.07. The van der Waals surface area contributed by atoms with E-state index in [1.165, 1.54) is 4.31 Å². The van der Waals surface area contributed by atoms with E-state index in [-0.39, 0.29) is 5.75 Å². The van der Waals surface area contributed by atoms with Crippen molar-refractivity contribution >= 4 is 44.7 Å². The topological polar surface area (TPSA) is 78.5 Å². The Balaban J connectivity index is 1.75. The Morgan fingerprint density at radius 1 is 1.15 bits per heavy atom. The van der Waals surface area contributed by atoms with Gasteiger partial charge in [0, 0.05) is 22.9 Å². The Hall–Kier alpha value is -2.25. The maximum atomic E-state index is 12.4. The van der Waals surface area contributed by atoms with Gasteiger partial charge in [-0.1, -0.05) is 30.7 Å². The number of nitrogens with zero attached hydrogens (tertiary/aromatic N) is 1. The van der Waals surface area contributed by atoms with Crippen molar-refractivity contribution in [1.29, 1.82) is 0 Å². The van der Waals surface area contributed by atoms with Crippen LogP contribution in [0.2, 0.25) is 5.02 Å². The fraction of sp³-hybridized carbons (Fsp3) is 0.316. The molecule has 8 heteroatoms. The normalized spacial score (nSPS) is 13.4. The summed E-state index contributed by atoms with van der Waals surface area (Å²) in [7, 11) is -3.34. The van der Waals surface area contributed by atoms with Crippen LogP contribution in [0.1, 0.15) is 24.5 Å². The van der Waals surface area contributed by atoms with E-state index in [0.717, 1.165) is 11.1 Å². The quantitative estimate of drug-likeness (QED) is 0.771. The second-order valence-corrected chi connectivity index (χ2v) is 8.94. The van der Waals surface area contributed by atoms with Crippen molar-refractivity contribution in [3.63, 3.8) is 0 Å². The van der Waals surface area contributed by atoms with Crippen LogP contribution in [0.4, 0.5) is 21.9 Å². The van der Waals surface area contributed by atoms with Gasteiger partial charge in [0.05, 0.1) is 11.4 Å². The molecule has 0 bridgehead atoms. The summed E-state index contributed by atoms with van der Waals surface area (Å²) in [5.41, 5.74) is 3.64. The van der Waals surface area contributed by atoms with Gasteiger partial charge in [-0.3, -0.25) is 4.31 Å². The van der Waals surface area contributed by atoms with Crippen LogP contribution in [0, 0.1) is 6.92 Å². The molecule has 2 amide bonds. The molecule has 0 aliphatic carbocycles. The number of nitrogens with one attached hydrogen (secondary N) is 2. The Morgan fingerprint density at radius 3 is 2.48 bits per heavy atom. The molecule has 144 valence electrons. The molecule has 0 aromatic heterocycles. The van der Waals surface area contributed by atoms with E-state index < -0.39 is 16.1 Å². The Morgan fingerprint density at radius 2 is 1.81 bits per heavy atom. The highest BCUT2D eigenvalue weighted by atomic mass is 35.5. The molecule has 0 saturated carbocycles. The number of halogens is 1. The molecular weight excluding hydrogens is 386 g/mol. The summed E-state index contributed by atoms with van der Waals surface area (Å²) in [4.78, 5) is 12.3. The van der Waals surface area contributed by atoms with Crippen LogP contribution in [0.15, 0.2) is 36.4 Å². The molecule has 0 spiro atoms.